The quantitative estimate of drug-likeness (QED) is 0.712. The van der Waals surface area contributed by atoms with Crippen LogP contribution in [0.3, 0.4) is 0 Å². The lowest BCUT2D eigenvalue weighted by molar-refractivity contribution is 0.194. The molecule has 1 aromatic carbocycles. The Labute approximate surface area is 86.5 Å². The summed E-state index contributed by atoms with van der Waals surface area (Å²) in [6.45, 7) is 3.17. The molecule has 0 saturated carbocycles. The second-order valence-corrected chi connectivity index (χ2v) is 3.83. The lowest BCUT2D eigenvalue weighted by Crippen LogP contribution is -2.21. The number of nitrogens with zero attached hydrogens (tertiary/aromatic N) is 1. The molecule has 0 amide bonds. The van der Waals surface area contributed by atoms with Crippen LogP contribution in [0.25, 0.3) is 0 Å². The van der Waals surface area contributed by atoms with Crippen molar-refractivity contribution in [3.05, 3.63) is 30.3 Å². The third-order valence-electron chi connectivity index (χ3n) is 2.06. The van der Waals surface area contributed by atoms with E-state index in [-0.39, 0.29) is 6.10 Å². The molecule has 0 spiro atoms. The molecule has 1 atom stereocenters. The average Bonchev–Trinajstić information content (AvgIpc) is 2.16. The van der Waals surface area contributed by atoms with Gasteiger partial charge in [0, 0.05) is 6.54 Å². The van der Waals surface area contributed by atoms with E-state index in [1.54, 1.807) is 0 Å². The zero-order valence-corrected chi connectivity index (χ0v) is 9.23. The predicted octanol–water partition coefficient (Wildman–Crippen LogP) is 2.41. The summed E-state index contributed by atoms with van der Waals surface area (Å²) in [5.41, 5.74) is 0. The van der Waals surface area contributed by atoms with Crippen molar-refractivity contribution in [1.82, 2.24) is 4.90 Å². The van der Waals surface area contributed by atoms with E-state index in [4.69, 9.17) is 4.74 Å². The fourth-order valence-electron chi connectivity index (χ4n) is 1.23. The molecule has 0 aromatic heterocycles. The van der Waals surface area contributed by atoms with Crippen LogP contribution < -0.4 is 4.74 Å². The first kappa shape index (κ1) is 11.1. The van der Waals surface area contributed by atoms with Crippen LogP contribution >= 0.6 is 0 Å². The zero-order chi connectivity index (χ0) is 10.4. The molecule has 0 heterocycles. The minimum Gasteiger partial charge on any atom is -0.491 e. The maximum atomic E-state index is 5.74. The minimum atomic E-state index is 0.278. The molecule has 0 fully saturated rings. The van der Waals surface area contributed by atoms with Crippen molar-refractivity contribution in [3.8, 4) is 5.75 Å². The standard InChI is InChI=1S/C12H19NO/c1-11(9-10-13(2)3)14-12-7-5-4-6-8-12/h4-8,11H,9-10H2,1-3H3. The highest BCUT2D eigenvalue weighted by Gasteiger charge is 2.03. The first-order valence-electron chi connectivity index (χ1n) is 5.05. The first-order valence-corrected chi connectivity index (χ1v) is 5.05. The van der Waals surface area contributed by atoms with Crippen LogP contribution in [0.15, 0.2) is 30.3 Å². The number of hydrogen-bond acceptors (Lipinski definition) is 2. The minimum absolute atomic E-state index is 0.278. The Morgan fingerprint density at radius 2 is 1.86 bits per heavy atom. The van der Waals surface area contributed by atoms with Gasteiger partial charge in [0.2, 0.25) is 0 Å². The summed E-state index contributed by atoms with van der Waals surface area (Å²) in [5.74, 6) is 0.957. The Bertz CT molecular complexity index is 246. The van der Waals surface area contributed by atoms with E-state index in [1.165, 1.54) is 0 Å². The van der Waals surface area contributed by atoms with Crippen molar-refractivity contribution in [2.45, 2.75) is 19.4 Å². The third kappa shape index (κ3) is 4.28. The van der Waals surface area contributed by atoms with E-state index < -0.39 is 0 Å². The van der Waals surface area contributed by atoms with Gasteiger partial charge in [-0.3, -0.25) is 0 Å². The molecule has 0 aliphatic rings. The van der Waals surface area contributed by atoms with Crippen molar-refractivity contribution in [2.75, 3.05) is 20.6 Å². The van der Waals surface area contributed by atoms with E-state index in [2.05, 4.69) is 25.9 Å². The Balaban J connectivity index is 2.30. The average molecular weight is 193 g/mol. The Hall–Kier alpha value is -1.02. The fraction of sp³-hybridized carbons (Fsp3) is 0.500. The molecular formula is C12H19NO. The van der Waals surface area contributed by atoms with Gasteiger partial charge in [0.1, 0.15) is 5.75 Å². The van der Waals surface area contributed by atoms with E-state index in [9.17, 15) is 0 Å². The molecule has 0 aliphatic heterocycles. The van der Waals surface area contributed by atoms with E-state index in [0.29, 0.717) is 0 Å². The van der Waals surface area contributed by atoms with Crippen LogP contribution in [0, 0.1) is 0 Å². The van der Waals surface area contributed by atoms with Gasteiger partial charge in [0.15, 0.2) is 0 Å². The summed E-state index contributed by atoms with van der Waals surface area (Å²) in [7, 11) is 4.16. The molecule has 0 saturated heterocycles. The largest absolute Gasteiger partial charge is 0.491 e. The number of rotatable bonds is 5. The van der Waals surface area contributed by atoms with Gasteiger partial charge in [-0.05, 0) is 39.6 Å². The molecule has 2 nitrogen and oxygen atoms in total. The lowest BCUT2D eigenvalue weighted by Gasteiger charge is -2.16. The number of para-hydroxylation sites is 1. The Morgan fingerprint density at radius 3 is 2.43 bits per heavy atom. The summed E-state index contributed by atoms with van der Waals surface area (Å²) in [6.07, 6.45) is 1.34. The monoisotopic (exact) mass is 193 g/mol. The van der Waals surface area contributed by atoms with Crippen LogP contribution in [0.5, 0.6) is 5.75 Å². The molecule has 1 rings (SSSR count). The van der Waals surface area contributed by atoms with Gasteiger partial charge < -0.3 is 9.64 Å². The van der Waals surface area contributed by atoms with Gasteiger partial charge in [-0.1, -0.05) is 18.2 Å². The van der Waals surface area contributed by atoms with Crippen molar-refractivity contribution in [2.24, 2.45) is 0 Å². The smallest absolute Gasteiger partial charge is 0.119 e. The first-order chi connectivity index (χ1) is 6.68. The van der Waals surface area contributed by atoms with Crippen molar-refractivity contribution >= 4 is 0 Å². The molecule has 0 bridgehead atoms. The fourth-order valence-corrected chi connectivity index (χ4v) is 1.23. The summed E-state index contributed by atoms with van der Waals surface area (Å²) >= 11 is 0. The molecular weight excluding hydrogens is 174 g/mol. The van der Waals surface area contributed by atoms with Gasteiger partial charge in [-0.2, -0.15) is 0 Å². The van der Waals surface area contributed by atoms with E-state index in [0.717, 1.165) is 18.7 Å². The summed E-state index contributed by atoms with van der Waals surface area (Å²) < 4.78 is 5.74. The molecule has 0 N–H and O–H groups in total. The highest BCUT2D eigenvalue weighted by atomic mass is 16.5. The van der Waals surface area contributed by atoms with Crippen LogP contribution in [0.1, 0.15) is 13.3 Å². The highest BCUT2D eigenvalue weighted by molar-refractivity contribution is 5.21. The molecule has 78 valence electrons. The van der Waals surface area contributed by atoms with Gasteiger partial charge >= 0.3 is 0 Å². The van der Waals surface area contributed by atoms with Gasteiger partial charge in [0.05, 0.1) is 6.10 Å². The molecule has 0 aliphatic carbocycles. The maximum absolute atomic E-state index is 5.74. The second-order valence-electron chi connectivity index (χ2n) is 3.83. The van der Waals surface area contributed by atoms with E-state index >= 15 is 0 Å². The highest BCUT2D eigenvalue weighted by Crippen LogP contribution is 2.12. The van der Waals surface area contributed by atoms with Crippen LogP contribution in [-0.4, -0.2) is 31.6 Å². The maximum Gasteiger partial charge on any atom is 0.119 e. The number of ether oxygens (including phenoxy) is 1. The molecule has 14 heavy (non-hydrogen) atoms. The third-order valence-corrected chi connectivity index (χ3v) is 2.06. The summed E-state index contributed by atoms with van der Waals surface area (Å²) in [4.78, 5) is 2.17. The van der Waals surface area contributed by atoms with Crippen LogP contribution in [0.4, 0.5) is 0 Å². The molecule has 1 aromatic rings. The normalized spacial score (nSPS) is 12.9. The summed E-state index contributed by atoms with van der Waals surface area (Å²) in [6, 6.07) is 9.97. The van der Waals surface area contributed by atoms with Crippen molar-refractivity contribution in [3.63, 3.8) is 0 Å². The number of hydrogen-bond donors (Lipinski definition) is 0. The summed E-state index contributed by atoms with van der Waals surface area (Å²) in [5, 5.41) is 0. The zero-order valence-electron chi connectivity index (χ0n) is 9.23. The van der Waals surface area contributed by atoms with Crippen molar-refractivity contribution in [1.29, 1.82) is 0 Å². The second kappa shape index (κ2) is 5.66. The van der Waals surface area contributed by atoms with Crippen LogP contribution in [-0.2, 0) is 0 Å². The SMILES string of the molecule is CC(CCN(C)C)Oc1ccccc1. The molecule has 0 radical (unpaired) electrons. The molecule has 1 unspecified atom stereocenters. The van der Waals surface area contributed by atoms with Crippen molar-refractivity contribution < 1.29 is 4.74 Å². The van der Waals surface area contributed by atoms with Gasteiger partial charge in [-0.25, -0.2) is 0 Å². The van der Waals surface area contributed by atoms with Gasteiger partial charge in [-0.15, -0.1) is 0 Å². The van der Waals surface area contributed by atoms with E-state index in [1.807, 2.05) is 30.3 Å². The number of benzene rings is 1. The van der Waals surface area contributed by atoms with Gasteiger partial charge in [0.25, 0.3) is 0 Å². The Kier molecular flexibility index (Phi) is 4.47. The molecule has 2 heteroatoms. The van der Waals surface area contributed by atoms with Crippen LogP contribution in [0.2, 0.25) is 0 Å². The Morgan fingerprint density at radius 1 is 1.21 bits per heavy atom. The predicted molar refractivity (Wildman–Crippen MR) is 59.7 cm³/mol. The lowest BCUT2D eigenvalue weighted by atomic mass is 10.2. The topological polar surface area (TPSA) is 12.5 Å².